The highest BCUT2D eigenvalue weighted by atomic mass is 35.5. The summed E-state index contributed by atoms with van der Waals surface area (Å²) in [7, 11) is 0. The van der Waals surface area contributed by atoms with Gasteiger partial charge in [0.15, 0.2) is 0 Å². The second kappa shape index (κ2) is 8.17. The highest BCUT2D eigenvalue weighted by Gasteiger charge is 2.28. The van der Waals surface area contributed by atoms with Crippen LogP contribution >= 0.6 is 12.4 Å². The quantitative estimate of drug-likeness (QED) is 0.921. The van der Waals surface area contributed by atoms with Crippen molar-refractivity contribution in [3.63, 3.8) is 0 Å². The van der Waals surface area contributed by atoms with E-state index in [9.17, 15) is 0 Å². The van der Waals surface area contributed by atoms with Gasteiger partial charge in [0.1, 0.15) is 11.5 Å². The van der Waals surface area contributed by atoms with Crippen LogP contribution in [-0.2, 0) is 6.54 Å². The molecule has 2 aliphatic heterocycles. The standard InChI is InChI=1S/C19H25N3O.ClH/c1-2-4-16(5-3-1)19-7-6-18(23-19)15-21-11-8-17(14-21)22-12-9-20-10-13-22;/h1-7,17,20H,8-15H2;1H. The Kier molecular flexibility index (Phi) is 5.95. The molecule has 0 bridgehead atoms. The molecule has 4 nitrogen and oxygen atoms in total. The lowest BCUT2D eigenvalue weighted by Gasteiger charge is -2.32. The Morgan fingerprint density at radius 2 is 1.79 bits per heavy atom. The molecule has 0 amide bonds. The monoisotopic (exact) mass is 347 g/mol. The van der Waals surface area contributed by atoms with Crippen molar-refractivity contribution in [3.8, 4) is 11.3 Å². The van der Waals surface area contributed by atoms with Gasteiger partial charge >= 0.3 is 0 Å². The lowest BCUT2D eigenvalue weighted by molar-refractivity contribution is 0.168. The minimum absolute atomic E-state index is 0. The van der Waals surface area contributed by atoms with E-state index in [1.165, 1.54) is 32.6 Å². The summed E-state index contributed by atoms with van der Waals surface area (Å²) in [4.78, 5) is 5.17. The van der Waals surface area contributed by atoms with E-state index in [4.69, 9.17) is 4.42 Å². The third-order valence-electron chi connectivity index (χ3n) is 5.01. The molecular weight excluding hydrogens is 322 g/mol. The van der Waals surface area contributed by atoms with Gasteiger partial charge in [-0.15, -0.1) is 12.4 Å². The maximum Gasteiger partial charge on any atom is 0.134 e. The van der Waals surface area contributed by atoms with E-state index in [1.54, 1.807) is 0 Å². The molecule has 0 spiro atoms. The molecule has 1 unspecified atom stereocenters. The van der Waals surface area contributed by atoms with Gasteiger partial charge in [-0.1, -0.05) is 30.3 Å². The molecule has 4 rings (SSSR count). The summed E-state index contributed by atoms with van der Waals surface area (Å²) in [6.07, 6.45) is 1.28. The predicted molar refractivity (Wildman–Crippen MR) is 99.5 cm³/mol. The summed E-state index contributed by atoms with van der Waals surface area (Å²) >= 11 is 0. The van der Waals surface area contributed by atoms with Gasteiger partial charge in [-0.25, -0.2) is 0 Å². The highest BCUT2D eigenvalue weighted by Crippen LogP contribution is 2.24. The molecule has 1 N–H and O–H groups in total. The summed E-state index contributed by atoms with van der Waals surface area (Å²) < 4.78 is 6.05. The van der Waals surface area contributed by atoms with E-state index in [0.29, 0.717) is 0 Å². The lowest BCUT2D eigenvalue weighted by atomic mass is 10.2. The van der Waals surface area contributed by atoms with Crippen LogP contribution in [0.5, 0.6) is 0 Å². The largest absolute Gasteiger partial charge is 0.460 e. The van der Waals surface area contributed by atoms with Crippen LogP contribution in [0.4, 0.5) is 0 Å². The minimum Gasteiger partial charge on any atom is -0.460 e. The van der Waals surface area contributed by atoms with Crippen LogP contribution in [0.2, 0.25) is 0 Å². The number of nitrogens with one attached hydrogen (secondary N) is 1. The zero-order valence-corrected chi connectivity index (χ0v) is 14.8. The van der Waals surface area contributed by atoms with Crippen LogP contribution in [-0.4, -0.2) is 55.1 Å². The van der Waals surface area contributed by atoms with Gasteiger partial charge < -0.3 is 9.73 Å². The van der Waals surface area contributed by atoms with Gasteiger partial charge in [0, 0.05) is 50.9 Å². The molecule has 1 aromatic heterocycles. The first-order valence-electron chi connectivity index (χ1n) is 8.70. The molecule has 5 heteroatoms. The van der Waals surface area contributed by atoms with Crippen LogP contribution in [0, 0.1) is 0 Å². The fourth-order valence-corrected chi connectivity index (χ4v) is 3.74. The van der Waals surface area contributed by atoms with E-state index in [1.807, 2.05) is 6.07 Å². The molecule has 0 radical (unpaired) electrons. The summed E-state index contributed by atoms with van der Waals surface area (Å²) in [5.74, 6) is 2.04. The molecule has 3 heterocycles. The van der Waals surface area contributed by atoms with Gasteiger partial charge in [0.2, 0.25) is 0 Å². The number of nitrogens with zero attached hydrogens (tertiary/aromatic N) is 2. The zero-order chi connectivity index (χ0) is 15.5. The van der Waals surface area contributed by atoms with Crippen molar-refractivity contribution < 1.29 is 4.42 Å². The topological polar surface area (TPSA) is 31.6 Å². The van der Waals surface area contributed by atoms with Crippen LogP contribution < -0.4 is 5.32 Å². The SMILES string of the molecule is Cl.c1ccc(-c2ccc(CN3CCC(N4CCNCC4)C3)o2)cc1. The third kappa shape index (κ3) is 4.01. The molecule has 0 saturated carbocycles. The summed E-state index contributed by atoms with van der Waals surface area (Å²) in [5.41, 5.74) is 1.15. The molecule has 0 aliphatic carbocycles. The third-order valence-corrected chi connectivity index (χ3v) is 5.01. The molecule has 2 saturated heterocycles. The summed E-state index contributed by atoms with van der Waals surface area (Å²) in [5, 5.41) is 3.44. The van der Waals surface area contributed by atoms with E-state index in [0.717, 1.165) is 42.8 Å². The van der Waals surface area contributed by atoms with Gasteiger partial charge in [-0.05, 0) is 18.6 Å². The number of likely N-dealkylation sites (tertiary alicyclic amines) is 1. The van der Waals surface area contributed by atoms with Crippen molar-refractivity contribution in [3.05, 3.63) is 48.2 Å². The maximum absolute atomic E-state index is 6.05. The van der Waals surface area contributed by atoms with E-state index >= 15 is 0 Å². The smallest absolute Gasteiger partial charge is 0.134 e. The molecule has 2 fully saturated rings. The molecule has 130 valence electrons. The fraction of sp³-hybridized carbons (Fsp3) is 0.474. The van der Waals surface area contributed by atoms with Gasteiger partial charge in [-0.3, -0.25) is 9.80 Å². The molecule has 24 heavy (non-hydrogen) atoms. The summed E-state index contributed by atoms with van der Waals surface area (Å²) in [6.45, 7) is 7.92. The Labute approximate surface area is 150 Å². The molecule has 1 atom stereocenters. The Hall–Kier alpha value is -1.33. The average molecular weight is 348 g/mol. The molecule has 1 aromatic carbocycles. The fourth-order valence-electron chi connectivity index (χ4n) is 3.74. The van der Waals surface area contributed by atoms with Gasteiger partial charge in [-0.2, -0.15) is 0 Å². The number of hydrogen-bond donors (Lipinski definition) is 1. The van der Waals surface area contributed by atoms with Gasteiger partial charge in [0.25, 0.3) is 0 Å². The maximum atomic E-state index is 6.05. The van der Waals surface area contributed by atoms with Crippen LogP contribution in [0.15, 0.2) is 46.9 Å². The number of rotatable bonds is 4. The molecular formula is C19H26ClN3O. The van der Waals surface area contributed by atoms with Crippen LogP contribution in [0.1, 0.15) is 12.2 Å². The van der Waals surface area contributed by atoms with Crippen molar-refractivity contribution in [1.29, 1.82) is 0 Å². The first-order chi connectivity index (χ1) is 11.4. The second-order valence-corrected chi connectivity index (χ2v) is 6.60. The number of hydrogen-bond acceptors (Lipinski definition) is 4. The van der Waals surface area contributed by atoms with Crippen molar-refractivity contribution >= 4 is 12.4 Å². The highest BCUT2D eigenvalue weighted by molar-refractivity contribution is 5.85. The van der Waals surface area contributed by atoms with Crippen molar-refractivity contribution in [2.45, 2.75) is 19.0 Å². The minimum atomic E-state index is 0. The number of halogens is 1. The van der Waals surface area contributed by atoms with E-state index < -0.39 is 0 Å². The van der Waals surface area contributed by atoms with E-state index in [-0.39, 0.29) is 12.4 Å². The van der Waals surface area contributed by atoms with Crippen molar-refractivity contribution in [1.82, 2.24) is 15.1 Å². The number of benzene rings is 1. The van der Waals surface area contributed by atoms with E-state index in [2.05, 4.69) is 51.5 Å². The van der Waals surface area contributed by atoms with Crippen LogP contribution in [0.25, 0.3) is 11.3 Å². The predicted octanol–water partition coefficient (Wildman–Crippen LogP) is 2.85. The molecule has 2 aliphatic rings. The van der Waals surface area contributed by atoms with Gasteiger partial charge in [0.05, 0.1) is 6.54 Å². The zero-order valence-electron chi connectivity index (χ0n) is 14.0. The van der Waals surface area contributed by atoms with Crippen LogP contribution in [0.3, 0.4) is 0 Å². The average Bonchev–Trinajstić information content (AvgIpc) is 3.27. The Bertz CT molecular complexity index is 625. The number of furan rings is 1. The normalized spacial score (nSPS) is 22.4. The Morgan fingerprint density at radius 1 is 1.00 bits per heavy atom. The summed E-state index contributed by atoms with van der Waals surface area (Å²) in [6, 6.07) is 15.3. The second-order valence-electron chi connectivity index (χ2n) is 6.60. The first-order valence-corrected chi connectivity index (χ1v) is 8.70. The molecule has 2 aromatic rings. The van der Waals surface area contributed by atoms with Crippen molar-refractivity contribution in [2.24, 2.45) is 0 Å². The van der Waals surface area contributed by atoms with Crippen molar-refractivity contribution in [2.75, 3.05) is 39.3 Å². The number of piperazine rings is 1. The Balaban J connectivity index is 0.00000169. The Morgan fingerprint density at radius 3 is 2.58 bits per heavy atom. The first kappa shape index (κ1) is 17.5. The lowest BCUT2D eigenvalue weighted by Crippen LogP contribution is -2.49.